The van der Waals surface area contributed by atoms with Crippen LogP contribution in [0.4, 0.5) is 0 Å². The van der Waals surface area contributed by atoms with Crippen molar-refractivity contribution in [3.8, 4) is 0 Å². The van der Waals surface area contributed by atoms with Crippen molar-refractivity contribution >= 4 is 11.9 Å². The minimum atomic E-state index is -0.0342. The molecule has 0 spiro atoms. The smallest absolute Gasteiger partial charge is 0.306 e. The monoisotopic (exact) mass is 807 g/mol. The van der Waals surface area contributed by atoms with E-state index in [2.05, 4.69) is 27.7 Å². The molecule has 0 heterocycles. The van der Waals surface area contributed by atoms with E-state index < -0.39 is 0 Å². The molecule has 0 aromatic rings. The molecule has 1 atom stereocenters. The molecule has 0 amide bonds. The molecule has 4 heteroatoms. The fourth-order valence-electron chi connectivity index (χ4n) is 7.88. The lowest BCUT2D eigenvalue weighted by Gasteiger charge is -2.18. The summed E-state index contributed by atoms with van der Waals surface area (Å²) in [6, 6.07) is 0. The lowest BCUT2D eigenvalue weighted by Crippen LogP contribution is -2.18. The number of hydrogen-bond acceptors (Lipinski definition) is 4. The van der Waals surface area contributed by atoms with Crippen LogP contribution in [0.1, 0.15) is 318 Å². The molecule has 0 aliphatic rings. The largest absolute Gasteiger partial charge is 0.463 e. The maximum Gasteiger partial charge on any atom is 0.306 e. The van der Waals surface area contributed by atoms with Crippen molar-refractivity contribution in [2.75, 3.05) is 0 Å². The quantitative estimate of drug-likeness (QED) is 0.0454. The molecular formula is C53H106O4. The van der Waals surface area contributed by atoms with E-state index in [-0.39, 0.29) is 24.1 Å². The van der Waals surface area contributed by atoms with E-state index >= 15 is 0 Å². The van der Waals surface area contributed by atoms with E-state index in [0.717, 1.165) is 25.7 Å². The van der Waals surface area contributed by atoms with E-state index in [0.29, 0.717) is 12.8 Å². The van der Waals surface area contributed by atoms with Crippen LogP contribution in [-0.2, 0) is 19.1 Å². The van der Waals surface area contributed by atoms with Gasteiger partial charge in [-0.25, -0.2) is 0 Å². The second-order valence-electron chi connectivity index (χ2n) is 18.1. The maximum atomic E-state index is 12.5. The average molecular weight is 807 g/mol. The van der Waals surface area contributed by atoms with Crippen LogP contribution in [0.25, 0.3) is 0 Å². The number of carbonyl (C=O) groups is 2. The summed E-state index contributed by atoms with van der Waals surface area (Å²) in [5.74, 6) is 0.0332. The fourth-order valence-corrected chi connectivity index (χ4v) is 7.88. The lowest BCUT2D eigenvalue weighted by atomic mass is 10.0. The zero-order chi connectivity index (χ0) is 42.1. The van der Waals surface area contributed by atoms with Gasteiger partial charge in [-0.15, -0.1) is 0 Å². The highest BCUT2D eigenvalue weighted by Crippen LogP contribution is 2.19. The van der Waals surface area contributed by atoms with Crippen LogP contribution in [0.15, 0.2) is 0 Å². The molecule has 0 fully saturated rings. The highest BCUT2D eigenvalue weighted by atomic mass is 16.5. The van der Waals surface area contributed by atoms with Crippen LogP contribution < -0.4 is 0 Å². The van der Waals surface area contributed by atoms with Gasteiger partial charge in [0, 0.05) is 12.8 Å². The van der Waals surface area contributed by atoms with Crippen LogP contribution in [-0.4, -0.2) is 24.1 Å². The predicted octanol–water partition coefficient (Wildman–Crippen LogP) is 18.7. The molecule has 1 unspecified atom stereocenters. The van der Waals surface area contributed by atoms with Gasteiger partial charge in [0.2, 0.25) is 0 Å². The Hall–Kier alpha value is -1.06. The number of ether oxygens (including phenoxy) is 2. The third kappa shape index (κ3) is 52.9. The van der Waals surface area contributed by atoms with Gasteiger partial charge in [0.1, 0.15) is 6.10 Å². The van der Waals surface area contributed by atoms with Gasteiger partial charge >= 0.3 is 11.9 Å². The van der Waals surface area contributed by atoms with Crippen LogP contribution in [0.2, 0.25) is 0 Å². The molecule has 4 nitrogen and oxygen atoms in total. The van der Waals surface area contributed by atoms with Gasteiger partial charge in [0.05, 0.1) is 6.10 Å². The van der Waals surface area contributed by atoms with E-state index in [1.165, 1.54) is 238 Å². The molecule has 0 bridgehead atoms. The van der Waals surface area contributed by atoms with Crippen molar-refractivity contribution in [3.63, 3.8) is 0 Å². The number of esters is 2. The van der Waals surface area contributed by atoms with E-state index in [9.17, 15) is 9.59 Å². The molecule has 0 radical (unpaired) electrons. The summed E-state index contributed by atoms with van der Waals surface area (Å²) in [6.07, 6.45) is 55.6. The van der Waals surface area contributed by atoms with Gasteiger partial charge in [-0.3, -0.25) is 9.59 Å². The first-order valence-corrected chi connectivity index (χ1v) is 26.3. The first-order chi connectivity index (χ1) is 27.9. The van der Waals surface area contributed by atoms with Crippen molar-refractivity contribution in [1.82, 2.24) is 0 Å². The molecule has 0 rings (SSSR count). The summed E-state index contributed by atoms with van der Waals surface area (Å²) in [5.41, 5.74) is 0. The first-order valence-electron chi connectivity index (χ1n) is 26.3. The Morgan fingerprint density at radius 1 is 0.298 bits per heavy atom. The van der Waals surface area contributed by atoms with Crippen molar-refractivity contribution in [3.05, 3.63) is 0 Å². The summed E-state index contributed by atoms with van der Waals surface area (Å²) in [5, 5.41) is 0. The average Bonchev–Trinajstić information content (AvgIpc) is 3.19. The highest BCUT2D eigenvalue weighted by molar-refractivity contribution is 5.69. The number of rotatable bonds is 45. The Labute approximate surface area is 359 Å². The minimum absolute atomic E-state index is 0.0273. The SMILES string of the molecule is CCCCCCCCCCCCCC(=O)OC(CCCCCCCC)CCCCCCCCCCC.CCCCCCCCCCCCCCCC(=O)OC(C)C. The van der Waals surface area contributed by atoms with E-state index in [4.69, 9.17) is 9.47 Å². The Morgan fingerprint density at radius 3 is 0.754 bits per heavy atom. The first kappa shape index (κ1) is 58.0. The molecular weight excluding hydrogens is 701 g/mol. The van der Waals surface area contributed by atoms with Crippen molar-refractivity contribution in [2.45, 2.75) is 330 Å². The zero-order valence-corrected chi connectivity index (χ0v) is 40.2. The topological polar surface area (TPSA) is 52.6 Å². The lowest BCUT2D eigenvalue weighted by molar-refractivity contribution is -0.150. The van der Waals surface area contributed by atoms with Crippen LogP contribution in [0.5, 0.6) is 0 Å². The number of hydrogen-bond donors (Lipinski definition) is 0. The van der Waals surface area contributed by atoms with Gasteiger partial charge < -0.3 is 9.47 Å². The number of unbranched alkanes of at least 4 members (excludes halogenated alkanes) is 35. The van der Waals surface area contributed by atoms with Gasteiger partial charge in [-0.1, -0.05) is 252 Å². The van der Waals surface area contributed by atoms with Crippen molar-refractivity contribution in [2.24, 2.45) is 0 Å². The summed E-state index contributed by atoms with van der Waals surface area (Å²) in [4.78, 5) is 23.9. The maximum absolute atomic E-state index is 12.5. The third-order valence-corrected chi connectivity index (χ3v) is 11.6. The zero-order valence-electron chi connectivity index (χ0n) is 40.2. The summed E-state index contributed by atoms with van der Waals surface area (Å²) >= 11 is 0. The van der Waals surface area contributed by atoms with Gasteiger partial charge in [0.25, 0.3) is 0 Å². The van der Waals surface area contributed by atoms with Gasteiger partial charge in [-0.2, -0.15) is 0 Å². The van der Waals surface area contributed by atoms with Gasteiger partial charge in [-0.05, 0) is 52.4 Å². The van der Waals surface area contributed by atoms with Gasteiger partial charge in [0.15, 0.2) is 0 Å². The van der Waals surface area contributed by atoms with Crippen LogP contribution in [0, 0.1) is 0 Å². The Bertz CT molecular complexity index is 764. The second kappa shape index (κ2) is 51.1. The molecule has 0 aliphatic carbocycles. The summed E-state index contributed by atoms with van der Waals surface area (Å²) < 4.78 is 11.1. The number of carbonyl (C=O) groups excluding carboxylic acids is 2. The molecule has 342 valence electrons. The Kier molecular flexibility index (Phi) is 52.0. The normalized spacial score (nSPS) is 11.8. The second-order valence-corrected chi connectivity index (χ2v) is 18.1. The van der Waals surface area contributed by atoms with Crippen molar-refractivity contribution < 1.29 is 19.1 Å². The summed E-state index contributed by atoms with van der Waals surface area (Å²) in [6.45, 7) is 12.9. The minimum Gasteiger partial charge on any atom is -0.463 e. The molecule has 0 saturated heterocycles. The predicted molar refractivity (Wildman–Crippen MR) is 252 cm³/mol. The van der Waals surface area contributed by atoms with Crippen LogP contribution >= 0.6 is 0 Å². The Morgan fingerprint density at radius 2 is 0.509 bits per heavy atom. The molecule has 0 aliphatic heterocycles. The molecule has 0 N–H and O–H groups in total. The van der Waals surface area contributed by atoms with E-state index in [1.807, 2.05) is 13.8 Å². The standard InChI is InChI=1S/C34H68O2.C19H38O2/c1-4-7-10-13-16-18-19-21-23-26-29-32-34(35)36-33(30-27-24-15-12-9-6-3)31-28-25-22-20-17-14-11-8-5-2;1-4-5-6-7-8-9-10-11-12-13-14-15-16-17-19(20)21-18(2)3/h33H,4-32H2,1-3H3;18H,4-17H2,1-3H3. The third-order valence-electron chi connectivity index (χ3n) is 11.6. The Balaban J connectivity index is 0. The van der Waals surface area contributed by atoms with Crippen molar-refractivity contribution in [1.29, 1.82) is 0 Å². The van der Waals surface area contributed by atoms with E-state index in [1.54, 1.807) is 0 Å². The van der Waals surface area contributed by atoms with Crippen LogP contribution in [0.3, 0.4) is 0 Å². The molecule has 0 aromatic heterocycles. The fraction of sp³-hybridized carbons (Fsp3) is 0.962. The molecule has 0 saturated carbocycles. The molecule has 0 aromatic carbocycles. The molecule has 57 heavy (non-hydrogen) atoms. The highest BCUT2D eigenvalue weighted by Gasteiger charge is 2.14. The summed E-state index contributed by atoms with van der Waals surface area (Å²) in [7, 11) is 0.